The highest BCUT2D eigenvalue weighted by Gasteiger charge is 2.34. The number of piperidine rings is 1. The van der Waals surface area contributed by atoms with Crippen LogP contribution in [0.25, 0.3) is 18.2 Å². The number of amides is 2. The van der Waals surface area contributed by atoms with Crippen molar-refractivity contribution in [3.05, 3.63) is 64.1 Å². The number of nitrogens with two attached hydrogens (primary N) is 1. The van der Waals surface area contributed by atoms with E-state index in [4.69, 9.17) is 5.73 Å². The Kier molecular flexibility index (Phi) is 8.98. The number of nitrogens with zero attached hydrogens (tertiary/aromatic N) is 1. The number of hydrogen-bond acceptors (Lipinski definition) is 3. The number of primary amides is 1. The molecular formula is C30H39FN4O2. The Labute approximate surface area is 218 Å². The van der Waals surface area contributed by atoms with E-state index in [-0.39, 0.29) is 35.6 Å². The quantitative estimate of drug-likeness (QED) is 0.504. The lowest BCUT2D eigenvalue weighted by Crippen LogP contribution is -2.54. The van der Waals surface area contributed by atoms with Gasteiger partial charge in [0.05, 0.1) is 6.04 Å². The van der Waals surface area contributed by atoms with E-state index in [1.807, 2.05) is 0 Å². The van der Waals surface area contributed by atoms with E-state index in [2.05, 4.69) is 42.5 Å². The van der Waals surface area contributed by atoms with Crippen LogP contribution in [0, 0.1) is 11.7 Å². The van der Waals surface area contributed by atoms with Gasteiger partial charge in [-0.3, -0.25) is 9.59 Å². The first-order chi connectivity index (χ1) is 17.9. The summed E-state index contributed by atoms with van der Waals surface area (Å²) in [5, 5.41) is 6.08. The summed E-state index contributed by atoms with van der Waals surface area (Å²) in [7, 11) is 0. The molecule has 1 saturated carbocycles. The molecule has 198 valence electrons. The molecule has 0 spiro atoms. The standard InChI is InChI=1S/C30H39FN4O2/c1-3-25-26(19-33-27(25)4-2)21-9-11-24(12-10-21)34-29(30(32)37)22-14-16-35(17-15-22)28(36)13-8-20-6-5-7-23(31)18-20/h3-8,13,18-19,21-22,24,29,33-34H,9-12,14-17H2,1-2H3,(H2,32,37). The number of rotatable bonds is 7. The van der Waals surface area contributed by atoms with Gasteiger partial charge in [0.1, 0.15) is 5.82 Å². The van der Waals surface area contributed by atoms with Gasteiger partial charge in [-0.05, 0) is 98.8 Å². The molecule has 1 unspecified atom stereocenters. The van der Waals surface area contributed by atoms with Crippen molar-refractivity contribution in [1.82, 2.24) is 15.2 Å². The maximum Gasteiger partial charge on any atom is 0.246 e. The van der Waals surface area contributed by atoms with Crippen molar-refractivity contribution in [2.45, 2.75) is 70.4 Å². The summed E-state index contributed by atoms with van der Waals surface area (Å²) in [6.07, 6.45) is 15.2. The summed E-state index contributed by atoms with van der Waals surface area (Å²) in [4.78, 5) is 30.2. The molecule has 6 nitrogen and oxygen atoms in total. The van der Waals surface area contributed by atoms with E-state index in [9.17, 15) is 14.0 Å². The SMILES string of the molecule is CC=c1[nH]cc(C2CCC(NC(C(N)=O)C3CCN(C(=O)C=Cc4cccc(F)c4)CC3)CC2)c1=CC. The number of carbonyl (C=O) groups excluding carboxylic acids is 2. The third-order valence-electron chi connectivity index (χ3n) is 8.04. The lowest BCUT2D eigenvalue weighted by atomic mass is 9.81. The number of likely N-dealkylation sites (tertiary alicyclic amines) is 1. The fraction of sp³-hybridized carbons (Fsp3) is 0.467. The van der Waals surface area contributed by atoms with E-state index in [0.717, 1.165) is 38.5 Å². The monoisotopic (exact) mass is 506 g/mol. The van der Waals surface area contributed by atoms with Gasteiger partial charge < -0.3 is 20.9 Å². The molecule has 4 rings (SSSR count). The highest BCUT2D eigenvalue weighted by Crippen LogP contribution is 2.32. The number of carbonyl (C=O) groups is 2. The number of nitrogens with one attached hydrogen (secondary N) is 2. The van der Waals surface area contributed by atoms with Gasteiger partial charge in [0.25, 0.3) is 0 Å². The molecular weight excluding hydrogens is 467 g/mol. The first-order valence-electron chi connectivity index (χ1n) is 13.5. The number of aromatic amines is 1. The van der Waals surface area contributed by atoms with Crippen molar-refractivity contribution in [2.24, 2.45) is 11.7 Å². The van der Waals surface area contributed by atoms with Gasteiger partial charge in [0.15, 0.2) is 0 Å². The molecule has 7 heteroatoms. The van der Waals surface area contributed by atoms with Gasteiger partial charge >= 0.3 is 0 Å². The van der Waals surface area contributed by atoms with Crippen LogP contribution in [-0.2, 0) is 9.59 Å². The fourth-order valence-electron chi connectivity index (χ4n) is 5.98. The van der Waals surface area contributed by atoms with E-state index >= 15 is 0 Å². The summed E-state index contributed by atoms with van der Waals surface area (Å²) in [6.45, 7) is 5.30. The van der Waals surface area contributed by atoms with Gasteiger partial charge in [-0.15, -0.1) is 0 Å². The summed E-state index contributed by atoms with van der Waals surface area (Å²) in [5.74, 6) is -0.0979. The maximum absolute atomic E-state index is 13.4. The number of halogens is 1. The van der Waals surface area contributed by atoms with Gasteiger partial charge in [0.2, 0.25) is 11.8 Å². The Hall–Kier alpha value is -3.19. The Morgan fingerprint density at radius 3 is 2.46 bits per heavy atom. The zero-order valence-electron chi connectivity index (χ0n) is 21.9. The van der Waals surface area contributed by atoms with Crippen molar-refractivity contribution in [2.75, 3.05) is 13.1 Å². The molecule has 2 fully saturated rings. The molecule has 0 radical (unpaired) electrons. The third-order valence-corrected chi connectivity index (χ3v) is 8.04. The first kappa shape index (κ1) is 26.9. The molecule has 1 aromatic carbocycles. The number of H-pyrrole nitrogens is 1. The summed E-state index contributed by atoms with van der Waals surface area (Å²) >= 11 is 0. The van der Waals surface area contributed by atoms with Crippen LogP contribution in [0.2, 0.25) is 0 Å². The van der Waals surface area contributed by atoms with E-state index in [0.29, 0.717) is 24.6 Å². The van der Waals surface area contributed by atoms with Crippen LogP contribution in [-0.4, -0.2) is 46.9 Å². The number of hydrogen-bond donors (Lipinski definition) is 3. The minimum Gasteiger partial charge on any atom is -0.368 e. The molecule has 37 heavy (non-hydrogen) atoms. The molecule has 1 saturated heterocycles. The summed E-state index contributed by atoms with van der Waals surface area (Å²) in [5.41, 5.74) is 7.89. The predicted octanol–water partition coefficient (Wildman–Crippen LogP) is 3.18. The Balaban J connectivity index is 1.29. The average molecular weight is 507 g/mol. The zero-order valence-corrected chi connectivity index (χ0v) is 21.9. The van der Waals surface area contributed by atoms with Crippen molar-refractivity contribution < 1.29 is 14.0 Å². The van der Waals surface area contributed by atoms with E-state index in [1.165, 1.54) is 34.3 Å². The van der Waals surface area contributed by atoms with E-state index < -0.39 is 0 Å². The lowest BCUT2D eigenvalue weighted by molar-refractivity contribution is -0.128. The highest BCUT2D eigenvalue weighted by atomic mass is 19.1. The van der Waals surface area contributed by atoms with Crippen molar-refractivity contribution in [1.29, 1.82) is 0 Å². The third kappa shape index (κ3) is 6.58. The van der Waals surface area contributed by atoms with Crippen LogP contribution < -0.4 is 21.6 Å². The summed E-state index contributed by atoms with van der Waals surface area (Å²) < 4.78 is 13.4. The first-order valence-corrected chi connectivity index (χ1v) is 13.5. The van der Waals surface area contributed by atoms with Crippen LogP contribution in [0.3, 0.4) is 0 Å². The largest absolute Gasteiger partial charge is 0.368 e. The molecule has 2 aromatic rings. The normalized spacial score (nSPS) is 23.1. The smallest absolute Gasteiger partial charge is 0.246 e. The van der Waals surface area contributed by atoms with E-state index in [1.54, 1.807) is 23.1 Å². The Bertz CT molecular complexity index is 1230. The molecule has 2 amide bonds. The Morgan fingerprint density at radius 2 is 1.84 bits per heavy atom. The molecule has 4 N–H and O–H groups in total. The molecule has 2 heterocycles. The van der Waals surface area contributed by atoms with Crippen LogP contribution in [0.4, 0.5) is 4.39 Å². The minimum atomic E-state index is -0.380. The predicted molar refractivity (Wildman–Crippen MR) is 146 cm³/mol. The van der Waals surface area contributed by atoms with Crippen LogP contribution in [0.1, 0.15) is 69.4 Å². The molecule has 1 aliphatic carbocycles. The second kappa shape index (κ2) is 12.4. The molecule has 1 atom stereocenters. The maximum atomic E-state index is 13.4. The van der Waals surface area contributed by atoms with Gasteiger partial charge in [-0.25, -0.2) is 4.39 Å². The Morgan fingerprint density at radius 1 is 1.11 bits per heavy atom. The number of benzene rings is 1. The second-order valence-electron chi connectivity index (χ2n) is 10.3. The van der Waals surface area contributed by atoms with Crippen molar-refractivity contribution in [3.8, 4) is 0 Å². The van der Waals surface area contributed by atoms with Crippen molar-refractivity contribution >= 4 is 30.0 Å². The zero-order chi connectivity index (χ0) is 26.4. The number of aromatic nitrogens is 1. The van der Waals surface area contributed by atoms with Gasteiger partial charge in [0, 0.05) is 36.8 Å². The molecule has 1 aromatic heterocycles. The van der Waals surface area contributed by atoms with Gasteiger partial charge in [-0.1, -0.05) is 24.3 Å². The van der Waals surface area contributed by atoms with Crippen LogP contribution >= 0.6 is 0 Å². The highest BCUT2D eigenvalue weighted by molar-refractivity contribution is 5.91. The van der Waals surface area contributed by atoms with Crippen LogP contribution in [0.5, 0.6) is 0 Å². The lowest BCUT2D eigenvalue weighted by Gasteiger charge is -2.38. The molecule has 0 bridgehead atoms. The average Bonchev–Trinajstić information content (AvgIpc) is 3.34. The molecule has 2 aliphatic rings. The van der Waals surface area contributed by atoms with Crippen molar-refractivity contribution in [3.63, 3.8) is 0 Å². The summed E-state index contributed by atoms with van der Waals surface area (Å²) in [6, 6.07) is 6.05. The second-order valence-corrected chi connectivity index (χ2v) is 10.3. The fourth-order valence-corrected chi connectivity index (χ4v) is 5.98. The minimum absolute atomic E-state index is 0.0955. The topological polar surface area (TPSA) is 91.2 Å². The van der Waals surface area contributed by atoms with Gasteiger partial charge in [-0.2, -0.15) is 0 Å². The molecule has 1 aliphatic heterocycles. The van der Waals surface area contributed by atoms with Crippen LogP contribution in [0.15, 0.2) is 36.5 Å².